The molecule has 27 heavy (non-hydrogen) atoms. The Balaban J connectivity index is 1.54. The highest BCUT2D eigenvalue weighted by Gasteiger charge is 2.19. The van der Waals surface area contributed by atoms with Crippen LogP contribution in [-0.4, -0.2) is 23.3 Å². The summed E-state index contributed by atoms with van der Waals surface area (Å²) in [6, 6.07) is 13.2. The number of hydrogen-bond acceptors (Lipinski definition) is 6. The maximum atomic E-state index is 13.0. The van der Waals surface area contributed by atoms with Gasteiger partial charge < -0.3 is 13.9 Å². The number of carbonyl (C=O) groups is 1. The summed E-state index contributed by atoms with van der Waals surface area (Å²) in [5.41, 5.74) is 1.60. The Labute approximate surface area is 155 Å². The predicted molar refractivity (Wildman–Crippen MR) is 95.5 cm³/mol. The van der Waals surface area contributed by atoms with E-state index in [0.29, 0.717) is 12.0 Å². The van der Waals surface area contributed by atoms with Crippen molar-refractivity contribution >= 4 is 5.97 Å². The molecular weight excluding hydrogens is 351 g/mol. The van der Waals surface area contributed by atoms with Gasteiger partial charge in [-0.15, -0.1) is 10.2 Å². The summed E-state index contributed by atoms with van der Waals surface area (Å²) >= 11 is 0. The third kappa shape index (κ3) is 4.91. The molecule has 140 valence electrons. The third-order valence-electron chi connectivity index (χ3n) is 3.96. The van der Waals surface area contributed by atoms with Crippen LogP contribution in [-0.2, 0) is 16.0 Å². The van der Waals surface area contributed by atoms with Gasteiger partial charge in [-0.2, -0.15) is 0 Å². The molecule has 0 spiro atoms. The first-order valence-electron chi connectivity index (χ1n) is 8.47. The van der Waals surface area contributed by atoms with Crippen LogP contribution < -0.4 is 4.74 Å². The number of ether oxygens (including phenoxy) is 2. The summed E-state index contributed by atoms with van der Waals surface area (Å²) < 4.78 is 29.0. The molecule has 0 aliphatic rings. The molecule has 3 aromatic rings. The van der Waals surface area contributed by atoms with E-state index in [4.69, 9.17) is 13.9 Å². The van der Waals surface area contributed by atoms with Crippen LogP contribution in [0.1, 0.15) is 30.9 Å². The van der Waals surface area contributed by atoms with Gasteiger partial charge in [-0.3, -0.25) is 4.79 Å². The van der Waals surface area contributed by atoms with E-state index in [1.54, 1.807) is 14.0 Å². The maximum absolute atomic E-state index is 13.0. The molecule has 0 amide bonds. The van der Waals surface area contributed by atoms with E-state index in [1.807, 2.05) is 24.3 Å². The number of rotatable bonds is 7. The quantitative estimate of drug-likeness (QED) is 0.583. The molecule has 6 nitrogen and oxygen atoms in total. The number of methoxy groups -OCH3 is 1. The average molecular weight is 370 g/mol. The summed E-state index contributed by atoms with van der Waals surface area (Å²) in [4.78, 5) is 12.1. The Hall–Kier alpha value is -3.22. The summed E-state index contributed by atoms with van der Waals surface area (Å²) in [6.45, 7) is 1.66. The summed E-state index contributed by atoms with van der Waals surface area (Å²) in [7, 11) is 1.60. The molecule has 0 bridgehead atoms. The zero-order valence-corrected chi connectivity index (χ0v) is 15.0. The zero-order chi connectivity index (χ0) is 19.2. The van der Waals surface area contributed by atoms with Crippen molar-refractivity contribution in [3.8, 4) is 17.2 Å². The van der Waals surface area contributed by atoms with Crippen molar-refractivity contribution < 1.29 is 23.1 Å². The highest BCUT2D eigenvalue weighted by Crippen LogP contribution is 2.23. The monoisotopic (exact) mass is 370 g/mol. The van der Waals surface area contributed by atoms with Gasteiger partial charge in [0.05, 0.1) is 7.11 Å². The van der Waals surface area contributed by atoms with Crippen molar-refractivity contribution in [1.82, 2.24) is 10.2 Å². The van der Waals surface area contributed by atoms with E-state index in [9.17, 15) is 9.18 Å². The Morgan fingerprint density at radius 3 is 2.48 bits per heavy atom. The Bertz CT molecular complexity index is 891. The maximum Gasteiger partial charge on any atom is 0.306 e. The SMILES string of the molecule is COc1ccc(CCC(=O)O[C@H](C)c2nnc(-c3ccc(F)cc3)o2)cc1. The van der Waals surface area contributed by atoms with Gasteiger partial charge in [0.15, 0.2) is 6.10 Å². The molecular formula is C20H19FN2O4. The molecule has 0 N–H and O–H groups in total. The minimum Gasteiger partial charge on any atom is -0.497 e. The van der Waals surface area contributed by atoms with Crippen LogP contribution in [0.15, 0.2) is 52.9 Å². The molecule has 7 heteroatoms. The topological polar surface area (TPSA) is 74.5 Å². The first-order chi connectivity index (χ1) is 13.0. The van der Waals surface area contributed by atoms with Gasteiger partial charge in [0.25, 0.3) is 5.89 Å². The molecule has 1 heterocycles. The van der Waals surface area contributed by atoms with Crippen molar-refractivity contribution in [2.75, 3.05) is 7.11 Å². The Kier molecular flexibility index (Phi) is 5.80. The Morgan fingerprint density at radius 2 is 1.81 bits per heavy atom. The number of carbonyl (C=O) groups excluding carboxylic acids is 1. The Morgan fingerprint density at radius 1 is 1.11 bits per heavy atom. The molecule has 0 aliphatic heterocycles. The first-order valence-corrected chi connectivity index (χ1v) is 8.47. The van der Waals surface area contributed by atoms with Crippen LogP contribution in [0.2, 0.25) is 0 Å². The van der Waals surface area contributed by atoms with Gasteiger partial charge in [-0.05, 0) is 55.3 Å². The fourth-order valence-electron chi connectivity index (χ4n) is 2.45. The van der Waals surface area contributed by atoms with Crippen LogP contribution in [0.5, 0.6) is 5.75 Å². The lowest BCUT2D eigenvalue weighted by atomic mass is 10.1. The molecule has 2 aromatic carbocycles. The molecule has 0 aliphatic carbocycles. The lowest BCUT2D eigenvalue weighted by molar-refractivity contribution is -0.149. The van der Waals surface area contributed by atoms with Gasteiger partial charge in [-0.25, -0.2) is 4.39 Å². The largest absolute Gasteiger partial charge is 0.497 e. The zero-order valence-electron chi connectivity index (χ0n) is 15.0. The van der Waals surface area contributed by atoms with Crippen molar-refractivity contribution in [2.45, 2.75) is 25.9 Å². The fraction of sp³-hybridized carbons (Fsp3) is 0.250. The molecule has 3 rings (SSSR count). The predicted octanol–water partition coefficient (Wildman–Crippen LogP) is 4.12. The number of aryl methyl sites for hydroxylation is 1. The van der Waals surface area contributed by atoms with Crippen molar-refractivity contribution in [1.29, 1.82) is 0 Å². The molecule has 1 aromatic heterocycles. The van der Waals surface area contributed by atoms with E-state index >= 15 is 0 Å². The van der Waals surface area contributed by atoms with Crippen LogP contribution >= 0.6 is 0 Å². The van der Waals surface area contributed by atoms with Gasteiger partial charge in [0.1, 0.15) is 11.6 Å². The second-order valence-corrected chi connectivity index (χ2v) is 5.93. The number of nitrogens with zero attached hydrogens (tertiary/aromatic N) is 2. The van der Waals surface area contributed by atoms with Crippen molar-refractivity contribution in [2.24, 2.45) is 0 Å². The van der Waals surface area contributed by atoms with Crippen LogP contribution in [0.25, 0.3) is 11.5 Å². The number of esters is 1. The molecule has 1 atom stereocenters. The molecule has 0 radical (unpaired) electrons. The smallest absolute Gasteiger partial charge is 0.306 e. The highest BCUT2D eigenvalue weighted by molar-refractivity contribution is 5.70. The summed E-state index contributed by atoms with van der Waals surface area (Å²) in [5, 5.41) is 7.82. The van der Waals surface area contributed by atoms with E-state index in [-0.39, 0.29) is 30.0 Å². The summed E-state index contributed by atoms with van der Waals surface area (Å²) in [6.07, 6.45) is 0.116. The highest BCUT2D eigenvalue weighted by atomic mass is 19.1. The fourth-order valence-corrected chi connectivity index (χ4v) is 2.45. The van der Waals surface area contributed by atoms with Crippen LogP contribution in [0.4, 0.5) is 4.39 Å². The van der Waals surface area contributed by atoms with E-state index in [2.05, 4.69) is 10.2 Å². The summed E-state index contributed by atoms with van der Waals surface area (Å²) in [5.74, 6) is 0.485. The molecule has 0 saturated carbocycles. The average Bonchev–Trinajstić information content (AvgIpc) is 3.18. The van der Waals surface area contributed by atoms with Gasteiger partial charge in [0, 0.05) is 12.0 Å². The molecule has 0 unspecified atom stereocenters. The lowest BCUT2D eigenvalue weighted by Gasteiger charge is -2.09. The lowest BCUT2D eigenvalue weighted by Crippen LogP contribution is -2.10. The molecule has 0 fully saturated rings. The number of aromatic nitrogens is 2. The number of halogens is 1. The van der Waals surface area contributed by atoms with Crippen LogP contribution in [0.3, 0.4) is 0 Å². The first kappa shape index (κ1) is 18.6. The number of benzene rings is 2. The minimum atomic E-state index is -0.671. The van der Waals surface area contributed by atoms with E-state index in [0.717, 1.165) is 11.3 Å². The standard InChI is InChI=1S/C20H19FN2O4/c1-13(19-22-23-20(27-19)15-6-8-16(21)9-7-15)26-18(24)12-5-14-3-10-17(25-2)11-4-14/h3-4,6-11,13H,5,12H2,1-2H3/t13-/m1/s1. The van der Waals surface area contributed by atoms with Gasteiger partial charge in [0.2, 0.25) is 5.89 Å². The van der Waals surface area contributed by atoms with Gasteiger partial charge in [-0.1, -0.05) is 12.1 Å². The third-order valence-corrected chi connectivity index (χ3v) is 3.96. The minimum absolute atomic E-state index is 0.187. The number of hydrogen-bond donors (Lipinski definition) is 0. The second kappa shape index (κ2) is 8.44. The second-order valence-electron chi connectivity index (χ2n) is 5.93. The van der Waals surface area contributed by atoms with Crippen LogP contribution in [0, 0.1) is 5.82 Å². The van der Waals surface area contributed by atoms with E-state index < -0.39 is 6.10 Å². The van der Waals surface area contributed by atoms with Crippen molar-refractivity contribution in [3.05, 3.63) is 65.8 Å². The molecule has 0 saturated heterocycles. The van der Waals surface area contributed by atoms with E-state index in [1.165, 1.54) is 24.3 Å². The van der Waals surface area contributed by atoms with Crippen molar-refractivity contribution in [3.63, 3.8) is 0 Å². The normalized spacial score (nSPS) is 11.8. The van der Waals surface area contributed by atoms with Gasteiger partial charge >= 0.3 is 5.97 Å².